The first-order valence-corrected chi connectivity index (χ1v) is 5.09. The predicted molar refractivity (Wildman–Crippen MR) is 23.8 cm³/mol. The summed E-state index contributed by atoms with van der Waals surface area (Å²) in [4.78, 5) is 0. The molecule has 6 nitrogen and oxygen atoms in total. The summed E-state index contributed by atoms with van der Waals surface area (Å²) in [7, 11) is -4.89. The molecule has 0 aliphatic carbocycles. The Bertz CT molecular complexity index is 122. The summed E-state index contributed by atoms with van der Waals surface area (Å²) < 4.78 is 33.2. The van der Waals surface area contributed by atoms with Crippen LogP contribution < -0.4 is 29.6 Å². The second-order valence-electron chi connectivity index (χ2n) is 0.934. The van der Waals surface area contributed by atoms with Crippen LogP contribution in [-0.2, 0) is 20.0 Å². The summed E-state index contributed by atoms with van der Waals surface area (Å²) in [5.74, 6) is 0. The maximum Gasteiger partial charge on any atom is 1.00 e. The van der Waals surface area contributed by atoms with E-state index in [-0.39, 0.29) is 35.0 Å². The van der Waals surface area contributed by atoms with Crippen LogP contribution >= 0.6 is 0 Å². The molecular formula is HAlNaO6Si2. The monoisotopic (exact) mass is 203 g/mol. The van der Waals surface area contributed by atoms with Gasteiger partial charge in [0.2, 0.25) is 0 Å². The van der Waals surface area contributed by atoms with Crippen LogP contribution in [0.3, 0.4) is 0 Å². The van der Waals surface area contributed by atoms with E-state index in [9.17, 15) is 8.92 Å². The van der Waals surface area contributed by atoms with E-state index in [1.54, 1.807) is 0 Å². The van der Waals surface area contributed by atoms with Gasteiger partial charge >= 0.3 is 63.8 Å². The zero-order valence-corrected chi connectivity index (χ0v) is 10.2. The smallest absolute Gasteiger partial charge is 0.870 e. The Morgan fingerprint density at radius 1 is 1.10 bits per heavy atom. The third-order valence-corrected chi connectivity index (χ3v) is 4.10. The van der Waals surface area contributed by atoms with Gasteiger partial charge in [-0.25, -0.2) is 0 Å². The molecule has 1 saturated heterocycles. The third-order valence-electron chi connectivity index (χ3n) is 0.455. The van der Waals surface area contributed by atoms with E-state index in [4.69, 9.17) is 0 Å². The molecule has 0 saturated carbocycles. The Morgan fingerprint density at radius 2 is 1.50 bits per heavy atom. The summed E-state index contributed by atoms with van der Waals surface area (Å²) in [6, 6.07) is 0. The third kappa shape index (κ3) is 4.70. The average molecular weight is 203 g/mol. The van der Waals surface area contributed by atoms with Gasteiger partial charge in [-0.3, -0.25) is 8.92 Å². The molecule has 10 heavy (non-hydrogen) atoms. The Hall–Kier alpha value is 0.926. The fourth-order valence-corrected chi connectivity index (χ4v) is 3.27. The van der Waals surface area contributed by atoms with Crippen molar-refractivity contribution in [3.63, 3.8) is 0 Å². The molecule has 0 bridgehead atoms. The van der Waals surface area contributed by atoms with Crippen molar-refractivity contribution in [3.8, 4) is 0 Å². The first-order chi connectivity index (χ1) is 3.79. The standard InChI is InChI=1S/Al.Na.O5Si2.H2O/c;;1-6(2)5-7(3)4;/h;;;1H2/q+2;+1;-2;/p-1. The zero-order chi connectivity index (χ0) is 5.98. The SMILES string of the molecule is O=[Si]1[O][Al][O][Si](=O)O1.[Na+].[OH-]. The molecular weight excluding hydrogens is 202 g/mol. The fourth-order valence-electron chi connectivity index (χ4n) is 0.219. The Kier molecular flexibility index (Phi) is 8.95. The van der Waals surface area contributed by atoms with Crippen molar-refractivity contribution in [2.45, 2.75) is 0 Å². The predicted octanol–water partition coefficient (Wildman–Crippen LogP) is -4.76. The zero-order valence-electron chi connectivity index (χ0n) is 5.07. The Morgan fingerprint density at radius 3 is 1.70 bits per heavy atom. The number of rotatable bonds is 0. The summed E-state index contributed by atoms with van der Waals surface area (Å²) >= 11 is -0.822. The first kappa shape index (κ1) is 13.5. The molecule has 1 N–H and O–H groups in total. The van der Waals surface area contributed by atoms with E-state index in [0.29, 0.717) is 0 Å². The first-order valence-electron chi connectivity index (χ1n) is 1.70. The molecule has 10 heteroatoms. The van der Waals surface area contributed by atoms with E-state index < -0.39 is 34.2 Å². The molecule has 1 aliphatic heterocycles. The van der Waals surface area contributed by atoms with Crippen LogP contribution in [0.2, 0.25) is 0 Å². The van der Waals surface area contributed by atoms with E-state index >= 15 is 0 Å². The molecule has 1 aliphatic rings. The molecule has 0 aromatic rings. The van der Waals surface area contributed by atoms with Gasteiger partial charge in [-0.15, -0.1) is 0 Å². The molecule has 1 rings (SSSR count). The van der Waals surface area contributed by atoms with Gasteiger partial charge in [-0.2, -0.15) is 0 Å². The minimum atomic E-state index is -2.45. The Labute approximate surface area is 88.6 Å². The van der Waals surface area contributed by atoms with Crippen LogP contribution in [0.4, 0.5) is 0 Å². The van der Waals surface area contributed by atoms with Crippen molar-refractivity contribution < 1.29 is 55.0 Å². The van der Waals surface area contributed by atoms with Crippen molar-refractivity contribution in [2.75, 3.05) is 0 Å². The maximum absolute atomic E-state index is 10.2. The second kappa shape index (κ2) is 6.62. The molecule has 0 spiro atoms. The largest absolute Gasteiger partial charge is 1.00 e. The van der Waals surface area contributed by atoms with Gasteiger partial charge in [-0.05, 0) is 0 Å². The van der Waals surface area contributed by atoms with E-state index in [1.807, 2.05) is 0 Å². The average Bonchev–Trinajstić information content (AvgIpc) is 1.64. The summed E-state index contributed by atoms with van der Waals surface area (Å²) in [6.07, 6.45) is 0. The van der Waals surface area contributed by atoms with Crippen molar-refractivity contribution in [1.29, 1.82) is 0 Å². The van der Waals surface area contributed by atoms with Crippen LogP contribution in [0.1, 0.15) is 0 Å². The summed E-state index contributed by atoms with van der Waals surface area (Å²) in [6.45, 7) is 0. The maximum atomic E-state index is 10.2. The fraction of sp³-hybridized carbons (Fsp3) is 0. The van der Waals surface area contributed by atoms with Gasteiger partial charge in [0.05, 0.1) is 0 Å². The van der Waals surface area contributed by atoms with Gasteiger partial charge in [0, 0.05) is 0 Å². The van der Waals surface area contributed by atoms with E-state index in [1.165, 1.54) is 0 Å². The van der Waals surface area contributed by atoms with Crippen molar-refractivity contribution in [1.82, 2.24) is 0 Å². The van der Waals surface area contributed by atoms with Gasteiger partial charge in [-0.1, -0.05) is 0 Å². The minimum Gasteiger partial charge on any atom is -0.870 e. The molecule has 1 heterocycles. The van der Waals surface area contributed by atoms with Crippen molar-refractivity contribution in [2.24, 2.45) is 0 Å². The van der Waals surface area contributed by atoms with Crippen molar-refractivity contribution in [3.05, 3.63) is 0 Å². The van der Waals surface area contributed by atoms with Gasteiger partial charge in [0.1, 0.15) is 0 Å². The minimum absolute atomic E-state index is 0. The van der Waals surface area contributed by atoms with Gasteiger partial charge < -0.3 is 16.5 Å². The molecule has 0 aromatic carbocycles. The van der Waals surface area contributed by atoms with E-state index in [2.05, 4.69) is 11.1 Å². The molecule has 0 unspecified atom stereocenters. The topological polar surface area (TPSA) is 91.8 Å². The second-order valence-corrected chi connectivity index (χ2v) is 4.83. The van der Waals surface area contributed by atoms with Crippen LogP contribution in [0.25, 0.3) is 0 Å². The van der Waals surface area contributed by atoms with Crippen LogP contribution in [0, 0.1) is 0 Å². The normalized spacial score (nSPS) is 14.0. The summed E-state index contributed by atoms with van der Waals surface area (Å²) in [5.41, 5.74) is 0. The quantitative estimate of drug-likeness (QED) is 0.367. The number of hydrogen-bond donors (Lipinski definition) is 0. The van der Waals surface area contributed by atoms with Crippen LogP contribution in [0.5, 0.6) is 0 Å². The Balaban J connectivity index is 0. The molecule has 49 valence electrons. The van der Waals surface area contributed by atoms with Crippen molar-refractivity contribution >= 4 is 34.2 Å². The number of hydrogen-bond acceptors (Lipinski definition) is 6. The van der Waals surface area contributed by atoms with Crippen LogP contribution in [0.15, 0.2) is 0 Å². The molecule has 1 fully saturated rings. The van der Waals surface area contributed by atoms with Crippen LogP contribution in [-0.4, -0.2) is 39.7 Å². The van der Waals surface area contributed by atoms with Gasteiger partial charge in [0.25, 0.3) is 0 Å². The van der Waals surface area contributed by atoms with Gasteiger partial charge in [0.15, 0.2) is 0 Å². The molecule has 0 atom stereocenters. The molecule has 0 amide bonds. The molecule has 0 aromatic heterocycles. The molecule has 1 radical (unpaired) electrons. The summed E-state index contributed by atoms with van der Waals surface area (Å²) in [5, 5.41) is 0. The van der Waals surface area contributed by atoms with E-state index in [0.717, 1.165) is 0 Å².